The summed E-state index contributed by atoms with van der Waals surface area (Å²) in [4.78, 5) is 35.1. The Bertz CT molecular complexity index is 1080. The second kappa shape index (κ2) is 9.47. The first kappa shape index (κ1) is 20.7. The highest BCUT2D eigenvalue weighted by molar-refractivity contribution is 5.94. The lowest BCUT2D eigenvalue weighted by Gasteiger charge is -2.13. The molecule has 0 aliphatic carbocycles. The minimum atomic E-state index is -0.591. The van der Waals surface area contributed by atoms with Crippen LogP contribution in [-0.2, 0) is 9.47 Å². The maximum Gasteiger partial charge on any atom is 0.341 e. The van der Waals surface area contributed by atoms with Gasteiger partial charge in [0.2, 0.25) is 0 Å². The molecule has 0 radical (unpaired) electrons. The molecule has 7 nitrogen and oxygen atoms in total. The molecule has 0 heterocycles. The second-order valence-corrected chi connectivity index (χ2v) is 6.16. The van der Waals surface area contributed by atoms with Crippen LogP contribution in [0.1, 0.15) is 27.6 Å². The Morgan fingerprint density at radius 3 is 2.23 bits per heavy atom. The Kier molecular flexibility index (Phi) is 6.54. The van der Waals surface area contributed by atoms with Gasteiger partial charge in [-0.15, -0.1) is 4.91 Å². The molecule has 3 aromatic rings. The molecule has 0 saturated carbocycles. The van der Waals surface area contributed by atoms with Crippen molar-refractivity contribution in [1.82, 2.24) is 0 Å². The average molecular weight is 405 g/mol. The predicted molar refractivity (Wildman–Crippen MR) is 111 cm³/mol. The van der Waals surface area contributed by atoms with Crippen molar-refractivity contribution < 1.29 is 23.8 Å². The van der Waals surface area contributed by atoms with Gasteiger partial charge < -0.3 is 14.2 Å². The average Bonchev–Trinajstić information content (AvgIpc) is 2.79. The van der Waals surface area contributed by atoms with Gasteiger partial charge in [0.05, 0.1) is 19.3 Å². The van der Waals surface area contributed by atoms with Crippen molar-refractivity contribution in [3.8, 4) is 22.6 Å². The predicted octanol–water partition coefficient (Wildman–Crippen LogP) is 5.51. The lowest BCUT2D eigenvalue weighted by atomic mass is 10.0. The molecule has 3 rings (SSSR count). The monoisotopic (exact) mass is 405 g/mol. The Labute approximate surface area is 173 Å². The molecule has 0 unspecified atom stereocenters. The molecule has 0 amide bonds. The number of rotatable bonds is 7. The number of methoxy groups -OCH3 is 1. The summed E-state index contributed by atoms with van der Waals surface area (Å²) in [5, 5.41) is 2.93. The van der Waals surface area contributed by atoms with Crippen molar-refractivity contribution in [2.24, 2.45) is 5.18 Å². The fourth-order valence-electron chi connectivity index (χ4n) is 2.82. The number of esters is 2. The van der Waals surface area contributed by atoms with E-state index in [1.165, 1.54) is 13.2 Å². The van der Waals surface area contributed by atoms with Crippen LogP contribution in [0.4, 0.5) is 5.69 Å². The Morgan fingerprint density at radius 1 is 0.867 bits per heavy atom. The summed E-state index contributed by atoms with van der Waals surface area (Å²) < 4.78 is 15.6. The number of carbonyl (C=O) groups is 2. The van der Waals surface area contributed by atoms with Crippen molar-refractivity contribution in [2.75, 3.05) is 13.7 Å². The van der Waals surface area contributed by atoms with Crippen molar-refractivity contribution in [1.29, 1.82) is 0 Å². The van der Waals surface area contributed by atoms with Gasteiger partial charge in [0.1, 0.15) is 11.3 Å². The van der Waals surface area contributed by atoms with Crippen molar-refractivity contribution in [3.63, 3.8) is 0 Å². The number of para-hydroxylation sites is 1. The van der Waals surface area contributed by atoms with E-state index in [0.29, 0.717) is 12.2 Å². The lowest BCUT2D eigenvalue weighted by molar-refractivity contribution is 0.0525. The van der Waals surface area contributed by atoms with Gasteiger partial charge in [-0.2, -0.15) is 0 Å². The third-order valence-corrected chi connectivity index (χ3v) is 4.30. The second-order valence-electron chi connectivity index (χ2n) is 6.16. The molecule has 0 aliphatic heterocycles. The minimum Gasteiger partial charge on any atom is -0.465 e. The molecule has 0 fully saturated rings. The summed E-state index contributed by atoms with van der Waals surface area (Å²) in [5.41, 5.74) is 2.25. The van der Waals surface area contributed by atoms with Crippen LogP contribution < -0.4 is 4.74 Å². The van der Waals surface area contributed by atoms with Crippen molar-refractivity contribution >= 4 is 17.6 Å². The Hall–Kier alpha value is -4.00. The number of hydrogen-bond donors (Lipinski definition) is 0. The minimum absolute atomic E-state index is 0.118. The van der Waals surface area contributed by atoms with Crippen LogP contribution in [0.25, 0.3) is 11.1 Å². The zero-order chi connectivity index (χ0) is 21.5. The van der Waals surface area contributed by atoms with Gasteiger partial charge in [-0.05, 0) is 59.6 Å². The molecule has 152 valence electrons. The van der Waals surface area contributed by atoms with Gasteiger partial charge in [-0.3, -0.25) is 0 Å². The van der Waals surface area contributed by atoms with Crippen LogP contribution in [0.15, 0.2) is 71.9 Å². The van der Waals surface area contributed by atoms with Crippen LogP contribution in [-0.4, -0.2) is 25.7 Å². The molecule has 30 heavy (non-hydrogen) atoms. The number of nitroso groups, excluding NO2 is 1. The van der Waals surface area contributed by atoms with E-state index < -0.39 is 11.9 Å². The van der Waals surface area contributed by atoms with Gasteiger partial charge in [0.15, 0.2) is 11.4 Å². The molecular formula is C23H19NO6. The number of nitrogens with zero attached hydrogens (tertiary/aromatic N) is 1. The first-order chi connectivity index (χ1) is 14.6. The number of hydrogen-bond acceptors (Lipinski definition) is 7. The van der Waals surface area contributed by atoms with Crippen LogP contribution in [0, 0.1) is 4.91 Å². The maximum atomic E-state index is 12.3. The fourth-order valence-corrected chi connectivity index (χ4v) is 2.82. The van der Waals surface area contributed by atoms with E-state index in [1.54, 1.807) is 67.6 Å². The number of ether oxygens (including phenoxy) is 3. The first-order valence-corrected chi connectivity index (χ1v) is 9.17. The first-order valence-electron chi connectivity index (χ1n) is 9.17. The quantitative estimate of drug-likeness (QED) is 0.380. The summed E-state index contributed by atoms with van der Waals surface area (Å²) in [5.74, 6) is -0.536. The molecule has 0 aromatic heterocycles. The van der Waals surface area contributed by atoms with Crippen LogP contribution in [0.3, 0.4) is 0 Å². The van der Waals surface area contributed by atoms with E-state index >= 15 is 0 Å². The van der Waals surface area contributed by atoms with Gasteiger partial charge in [-0.1, -0.05) is 30.3 Å². The van der Waals surface area contributed by atoms with Crippen LogP contribution in [0.2, 0.25) is 0 Å². The van der Waals surface area contributed by atoms with E-state index in [4.69, 9.17) is 14.2 Å². The molecule has 0 spiro atoms. The maximum absolute atomic E-state index is 12.3. The van der Waals surface area contributed by atoms with Gasteiger partial charge in [0, 0.05) is 0 Å². The number of carbonyl (C=O) groups excluding carboxylic acids is 2. The number of benzene rings is 3. The summed E-state index contributed by atoms with van der Waals surface area (Å²) in [6.45, 7) is 2.04. The topological polar surface area (TPSA) is 91.3 Å². The summed E-state index contributed by atoms with van der Waals surface area (Å²) in [6, 6.07) is 18.3. The zero-order valence-corrected chi connectivity index (χ0v) is 16.5. The highest BCUT2D eigenvalue weighted by Gasteiger charge is 2.17. The van der Waals surface area contributed by atoms with Gasteiger partial charge in [-0.25, -0.2) is 9.59 Å². The van der Waals surface area contributed by atoms with E-state index in [9.17, 15) is 14.5 Å². The standard InChI is InChI=1S/C23H19NO6/c1-3-29-22(25)16-10-8-15(9-11-16)17-12-13-20(18(14-17)23(26)28-2)30-21-7-5-4-6-19(21)24-27/h4-14H,3H2,1-2H3. The van der Waals surface area contributed by atoms with Gasteiger partial charge in [0.25, 0.3) is 0 Å². The summed E-state index contributed by atoms with van der Waals surface area (Å²) in [7, 11) is 1.27. The Balaban J connectivity index is 1.96. The zero-order valence-electron chi connectivity index (χ0n) is 16.5. The fraction of sp³-hybridized carbons (Fsp3) is 0.130. The highest BCUT2D eigenvalue weighted by atomic mass is 16.5. The third kappa shape index (κ3) is 4.52. The summed E-state index contributed by atoms with van der Waals surface area (Å²) in [6.07, 6.45) is 0. The normalized spacial score (nSPS) is 10.2. The van der Waals surface area contributed by atoms with Gasteiger partial charge >= 0.3 is 11.9 Å². The molecule has 0 bridgehead atoms. The summed E-state index contributed by atoms with van der Waals surface area (Å²) >= 11 is 0. The third-order valence-electron chi connectivity index (χ3n) is 4.30. The molecule has 0 aliphatic rings. The van der Waals surface area contributed by atoms with E-state index in [1.807, 2.05) is 0 Å². The lowest BCUT2D eigenvalue weighted by Crippen LogP contribution is -2.05. The van der Waals surface area contributed by atoms with E-state index in [0.717, 1.165) is 11.1 Å². The van der Waals surface area contributed by atoms with Crippen molar-refractivity contribution in [3.05, 3.63) is 82.8 Å². The molecular weight excluding hydrogens is 386 g/mol. The molecule has 0 N–H and O–H groups in total. The molecule has 0 atom stereocenters. The Morgan fingerprint density at radius 2 is 1.57 bits per heavy atom. The largest absolute Gasteiger partial charge is 0.465 e. The van der Waals surface area contributed by atoms with Crippen LogP contribution in [0.5, 0.6) is 11.5 Å². The SMILES string of the molecule is CCOC(=O)c1ccc(-c2ccc(Oc3ccccc3N=O)c(C(=O)OC)c2)cc1. The molecule has 0 saturated heterocycles. The van der Waals surface area contributed by atoms with Crippen LogP contribution >= 0.6 is 0 Å². The smallest absolute Gasteiger partial charge is 0.341 e. The molecule has 7 heteroatoms. The van der Waals surface area contributed by atoms with E-state index in [2.05, 4.69) is 5.18 Å². The van der Waals surface area contributed by atoms with Crippen molar-refractivity contribution in [2.45, 2.75) is 6.92 Å². The highest BCUT2D eigenvalue weighted by Crippen LogP contribution is 2.35. The van der Waals surface area contributed by atoms with E-state index in [-0.39, 0.29) is 22.7 Å². The molecule has 3 aromatic carbocycles.